The second-order valence-corrected chi connectivity index (χ2v) is 3.32. The number of aromatic nitrogens is 3. The molecule has 0 saturated heterocycles. The highest BCUT2D eigenvalue weighted by Crippen LogP contribution is 2.06. The fraction of sp³-hybridized carbons (Fsp3) is 0.182. The lowest BCUT2D eigenvalue weighted by atomic mass is 10.4. The van der Waals surface area contributed by atoms with Crippen LogP contribution in [0.4, 0.5) is 0 Å². The Labute approximate surface area is 92.2 Å². The molecule has 0 unspecified atom stereocenters. The van der Waals surface area contributed by atoms with E-state index >= 15 is 0 Å². The summed E-state index contributed by atoms with van der Waals surface area (Å²) in [6, 6.07) is 7.23. The average Bonchev–Trinajstić information content (AvgIpc) is 2.27. The first kappa shape index (κ1) is 10.4. The quantitative estimate of drug-likeness (QED) is 0.834. The monoisotopic (exact) mass is 217 g/mol. The van der Waals surface area contributed by atoms with Crippen LogP contribution in [0.15, 0.2) is 35.3 Å². The number of hydrogen-bond donors (Lipinski definition) is 1. The number of nitrogens with zero attached hydrogens (tertiary/aromatic N) is 2. The zero-order valence-electron chi connectivity index (χ0n) is 8.80. The summed E-state index contributed by atoms with van der Waals surface area (Å²) in [5.41, 5.74) is 1.11. The van der Waals surface area contributed by atoms with Gasteiger partial charge < -0.3 is 9.72 Å². The van der Waals surface area contributed by atoms with E-state index in [-0.39, 0.29) is 0 Å². The van der Waals surface area contributed by atoms with E-state index in [1.54, 1.807) is 19.2 Å². The third-order valence-electron chi connectivity index (χ3n) is 1.95. The van der Waals surface area contributed by atoms with E-state index in [0.29, 0.717) is 12.5 Å². The van der Waals surface area contributed by atoms with Gasteiger partial charge in [-0.05, 0) is 19.1 Å². The molecular weight excluding hydrogens is 206 g/mol. The van der Waals surface area contributed by atoms with Gasteiger partial charge in [0.2, 0.25) is 5.88 Å². The lowest BCUT2D eigenvalue weighted by Crippen LogP contribution is -2.13. The number of H-pyrrole nitrogens is 1. The summed E-state index contributed by atoms with van der Waals surface area (Å²) in [6.45, 7) is 2.08. The summed E-state index contributed by atoms with van der Waals surface area (Å²) in [5, 5.41) is 0. The highest BCUT2D eigenvalue weighted by Gasteiger charge is 2.00. The number of pyridine rings is 1. The second kappa shape index (κ2) is 4.57. The lowest BCUT2D eigenvalue weighted by Gasteiger charge is -2.04. The van der Waals surface area contributed by atoms with Crippen molar-refractivity contribution in [3.8, 4) is 5.88 Å². The Kier molecular flexibility index (Phi) is 2.95. The first-order valence-corrected chi connectivity index (χ1v) is 4.85. The van der Waals surface area contributed by atoms with Gasteiger partial charge in [-0.1, -0.05) is 6.07 Å². The number of rotatable bonds is 3. The normalized spacial score (nSPS) is 10.1. The van der Waals surface area contributed by atoms with Crippen molar-refractivity contribution < 1.29 is 4.74 Å². The van der Waals surface area contributed by atoms with Crippen molar-refractivity contribution in [2.75, 3.05) is 0 Å². The van der Waals surface area contributed by atoms with E-state index in [1.807, 2.05) is 18.2 Å². The predicted octanol–water partition coefficient (Wildman–Crippen LogP) is 1.05. The van der Waals surface area contributed by atoms with E-state index in [0.717, 1.165) is 11.4 Å². The van der Waals surface area contributed by atoms with Crippen molar-refractivity contribution in [2.24, 2.45) is 0 Å². The molecule has 0 saturated carbocycles. The minimum Gasteiger partial charge on any atom is -0.471 e. The standard InChI is InChI=1S/C11H11N3O2/c1-8-6-10(14-11(15)13-8)16-7-9-4-2-3-5-12-9/h2-6H,7H2,1H3,(H,13,14,15). The van der Waals surface area contributed by atoms with Crippen molar-refractivity contribution in [3.63, 3.8) is 0 Å². The van der Waals surface area contributed by atoms with Crippen molar-refractivity contribution in [1.82, 2.24) is 15.0 Å². The molecule has 0 aliphatic carbocycles. The molecule has 0 aromatic carbocycles. The highest BCUT2D eigenvalue weighted by atomic mass is 16.5. The molecule has 5 nitrogen and oxygen atoms in total. The van der Waals surface area contributed by atoms with Gasteiger partial charge >= 0.3 is 5.69 Å². The van der Waals surface area contributed by atoms with Gasteiger partial charge in [-0.25, -0.2) is 4.79 Å². The maximum absolute atomic E-state index is 11.1. The Morgan fingerprint density at radius 3 is 3.00 bits per heavy atom. The molecular formula is C11H11N3O2. The molecule has 1 N–H and O–H groups in total. The molecule has 2 aromatic rings. The van der Waals surface area contributed by atoms with Crippen LogP contribution in [-0.2, 0) is 6.61 Å². The van der Waals surface area contributed by atoms with E-state index in [2.05, 4.69) is 15.0 Å². The van der Waals surface area contributed by atoms with Crippen LogP contribution in [0.5, 0.6) is 5.88 Å². The van der Waals surface area contributed by atoms with E-state index in [9.17, 15) is 4.79 Å². The summed E-state index contributed by atoms with van der Waals surface area (Å²) in [4.78, 5) is 21.4. The van der Waals surface area contributed by atoms with Gasteiger partial charge in [-0.3, -0.25) is 4.98 Å². The van der Waals surface area contributed by atoms with Crippen molar-refractivity contribution in [2.45, 2.75) is 13.5 Å². The van der Waals surface area contributed by atoms with Crippen molar-refractivity contribution in [3.05, 3.63) is 52.3 Å². The van der Waals surface area contributed by atoms with Crippen LogP contribution < -0.4 is 10.4 Å². The van der Waals surface area contributed by atoms with E-state index in [4.69, 9.17) is 4.74 Å². The molecule has 0 aliphatic heterocycles. The smallest absolute Gasteiger partial charge is 0.348 e. The maximum atomic E-state index is 11.1. The highest BCUT2D eigenvalue weighted by molar-refractivity contribution is 5.13. The summed E-state index contributed by atoms with van der Waals surface area (Å²) in [6.07, 6.45) is 1.69. The molecule has 0 radical (unpaired) electrons. The van der Waals surface area contributed by atoms with Crippen LogP contribution in [0.2, 0.25) is 0 Å². The van der Waals surface area contributed by atoms with Gasteiger partial charge in [0.15, 0.2) is 0 Å². The third-order valence-corrected chi connectivity index (χ3v) is 1.95. The molecule has 0 fully saturated rings. The zero-order valence-corrected chi connectivity index (χ0v) is 8.80. The van der Waals surface area contributed by atoms with Gasteiger partial charge in [0, 0.05) is 18.0 Å². The second-order valence-electron chi connectivity index (χ2n) is 3.32. The van der Waals surface area contributed by atoms with Crippen molar-refractivity contribution in [1.29, 1.82) is 0 Å². The van der Waals surface area contributed by atoms with Gasteiger partial charge in [0.25, 0.3) is 0 Å². The topological polar surface area (TPSA) is 67.9 Å². The Morgan fingerprint density at radius 2 is 2.31 bits per heavy atom. The maximum Gasteiger partial charge on any atom is 0.348 e. The first-order chi connectivity index (χ1) is 7.74. The third kappa shape index (κ3) is 2.66. The van der Waals surface area contributed by atoms with Gasteiger partial charge in [0.1, 0.15) is 6.61 Å². The molecule has 0 amide bonds. The summed E-state index contributed by atoms with van der Waals surface area (Å²) >= 11 is 0. The Morgan fingerprint density at radius 1 is 1.44 bits per heavy atom. The van der Waals surface area contributed by atoms with E-state index < -0.39 is 5.69 Å². The van der Waals surface area contributed by atoms with Crippen molar-refractivity contribution >= 4 is 0 Å². The zero-order chi connectivity index (χ0) is 11.4. The SMILES string of the molecule is Cc1cc(OCc2ccccn2)nc(=O)[nH]1. The van der Waals surface area contributed by atoms with Crippen LogP contribution >= 0.6 is 0 Å². The Balaban J connectivity index is 2.08. The van der Waals surface area contributed by atoms with Gasteiger partial charge in [-0.2, -0.15) is 4.98 Å². The largest absolute Gasteiger partial charge is 0.471 e. The molecule has 0 aliphatic rings. The van der Waals surface area contributed by atoms with Crippen LogP contribution in [0, 0.1) is 6.92 Å². The Bertz CT molecular complexity index is 522. The molecule has 2 heterocycles. The molecule has 0 spiro atoms. The van der Waals surface area contributed by atoms with Crippen LogP contribution in [-0.4, -0.2) is 15.0 Å². The van der Waals surface area contributed by atoms with Crippen LogP contribution in [0.3, 0.4) is 0 Å². The number of hydrogen-bond acceptors (Lipinski definition) is 4. The lowest BCUT2D eigenvalue weighted by molar-refractivity contribution is 0.287. The molecule has 2 rings (SSSR count). The van der Waals surface area contributed by atoms with Gasteiger partial charge in [-0.15, -0.1) is 0 Å². The Hall–Kier alpha value is -2.17. The predicted molar refractivity (Wildman–Crippen MR) is 58.2 cm³/mol. The molecule has 2 aromatic heterocycles. The number of ether oxygens (including phenoxy) is 1. The number of aryl methyl sites for hydroxylation is 1. The van der Waals surface area contributed by atoms with Crippen LogP contribution in [0.25, 0.3) is 0 Å². The summed E-state index contributed by atoms with van der Waals surface area (Å²) in [7, 11) is 0. The minimum absolute atomic E-state index is 0.302. The van der Waals surface area contributed by atoms with Gasteiger partial charge in [0.05, 0.1) is 5.69 Å². The minimum atomic E-state index is -0.406. The number of nitrogens with one attached hydrogen (secondary N) is 1. The van der Waals surface area contributed by atoms with Crippen LogP contribution in [0.1, 0.15) is 11.4 Å². The molecule has 0 bridgehead atoms. The fourth-order valence-corrected chi connectivity index (χ4v) is 1.26. The molecule has 16 heavy (non-hydrogen) atoms. The fourth-order valence-electron chi connectivity index (χ4n) is 1.26. The molecule has 5 heteroatoms. The summed E-state index contributed by atoms with van der Waals surface area (Å²) < 4.78 is 5.36. The molecule has 0 atom stereocenters. The molecule has 82 valence electrons. The average molecular weight is 217 g/mol. The summed E-state index contributed by atoms with van der Waals surface area (Å²) in [5.74, 6) is 0.312. The van der Waals surface area contributed by atoms with E-state index in [1.165, 1.54) is 0 Å². The first-order valence-electron chi connectivity index (χ1n) is 4.85. The number of aromatic amines is 1.